The standard InChI is InChI=1S/C15H25N/c1-5-12(2)11-16-14(4)13(3)15-9-7-6-8-10-15/h6-10,12-14,16H,5,11H2,1-4H3. The zero-order valence-electron chi connectivity index (χ0n) is 11.0. The molecule has 3 atom stereocenters. The van der Waals surface area contributed by atoms with Crippen molar-refractivity contribution in [3.63, 3.8) is 0 Å². The first-order chi connectivity index (χ1) is 7.65. The molecule has 0 spiro atoms. The average molecular weight is 219 g/mol. The van der Waals surface area contributed by atoms with E-state index in [1.54, 1.807) is 0 Å². The predicted octanol–water partition coefficient (Wildman–Crippen LogP) is 3.81. The van der Waals surface area contributed by atoms with Crippen LogP contribution in [0.3, 0.4) is 0 Å². The number of hydrogen-bond donors (Lipinski definition) is 1. The van der Waals surface area contributed by atoms with E-state index >= 15 is 0 Å². The van der Waals surface area contributed by atoms with Gasteiger partial charge in [0.05, 0.1) is 0 Å². The molecular formula is C15H25N. The molecule has 1 heteroatoms. The number of rotatable bonds is 6. The molecule has 1 rings (SSSR count). The first kappa shape index (κ1) is 13.2. The maximum absolute atomic E-state index is 3.63. The molecule has 0 saturated carbocycles. The first-order valence-electron chi connectivity index (χ1n) is 6.43. The SMILES string of the molecule is CCC(C)CNC(C)C(C)c1ccccc1. The van der Waals surface area contributed by atoms with Gasteiger partial charge >= 0.3 is 0 Å². The van der Waals surface area contributed by atoms with E-state index in [1.165, 1.54) is 12.0 Å². The zero-order chi connectivity index (χ0) is 12.0. The van der Waals surface area contributed by atoms with Gasteiger partial charge < -0.3 is 5.32 Å². The molecule has 0 bridgehead atoms. The smallest absolute Gasteiger partial charge is 0.0105 e. The molecule has 0 fully saturated rings. The summed E-state index contributed by atoms with van der Waals surface area (Å²) < 4.78 is 0. The van der Waals surface area contributed by atoms with Gasteiger partial charge in [-0.15, -0.1) is 0 Å². The third-order valence-electron chi connectivity index (χ3n) is 3.56. The van der Waals surface area contributed by atoms with Crippen LogP contribution in [0.5, 0.6) is 0 Å². The summed E-state index contributed by atoms with van der Waals surface area (Å²) in [5, 5.41) is 3.63. The van der Waals surface area contributed by atoms with Crippen molar-refractivity contribution < 1.29 is 0 Å². The Kier molecular flexibility index (Phi) is 5.54. The molecule has 90 valence electrons. The summed E-state index contributed by atoms with van der Waals surface area (Å²) >= 11 is 0. The van der Waals surface area contributed by atoms with Crippen LogP contribution in [-0.2, 0) is 0 Å². The van der Waals surface area contributed by atoms with E-state index in [1.807, 2.05) is 0 Å². The highest BCUT2D eigenvalue weighted by atomic mass is 14.9. The second kappa shape index (κ2) is 6.70. The van der Waals surface area contributed by atoms with Crippen LogP contribution in [-0.4, -0.2) is 12.6 Å². The minimum atomic E-state index is 0.538. The normalized spacial score (nSPS) is 16.8. The van der Waals surface area contributed by atoms with Gasteiger partial charge in [0.15, 0.2) is 0 Å². The Labute approximate surface area is 100 Å². The summed E-state index contributed by atoms with van der Waals surface area (Å²) in [6, 6.07) is 11.3. The third kappa shape index (κ3) is 3.97. The lowest BCUT2D eigenvalue weighted by molar-refractivity contribution is 0.421. The molecule has 0 aliphatic heterocycles. The predicted molar refractivity (Wildman–Crippen MR) is 71.8 cm³/mol. The molecule has 0 aliphatic rings. The summed E-state index contributed by atoms with van der Waals surface area (Å²) in [7, 11) is 0. The summed E-state index contributed by atoms with van der Waals surface area (Å²) in [6.07, 6.45) is 1.25. The van der Waals surface area contributed by atoms with Crippen LogP contribution in [0.4, 0.5) is 0 Å². The van der Waals surface area contributed by atoms with Crippen molar-refractivity contribution >= 4 is 0 Å². The highest BCUT2D eigenvalue weighted by molar-refractivity contribution is 5.20. The minimum absolute atomic E-state index is 0.538. The fourth-order valence-electron chi connectivity index (χ4n) is 1.75. The summed E-state index contributed by atoms with van der Waals surface area (Å²) in [4.78, 5) is 0. The molecule has 0 saturated heterocycles. The molecule has 3 unspecified atom stereocenters. The van der Waals surface area contributed by atoms with Crippen molar-refractivity contribution in [2.45, 2.75) is 46.1 Å². The topological polar surface area (TPSA) is 12.0 Å². The molecule has 1 nitrogen and oxygen atoms in total. The highest BCUT2D eigenvalue weighted by Gasteiger charge is 2.13. The maximum atomic E-state index is 3.63. The fraction of sp³-hybridized carbons (Fsp3) is 0.600. The Morgan fingerprint density at radius 1 is 1.06 bits per heavy atom. The van der Waals surface area contributed by atoms with Gasteiger partial charge in [-0.05, 0) is 30.9 Å². The largest absolute Gasteiger partial charge is 0.313 e. The minimum Gasteiger partial charge on any atom is -0.313 e. The van der Waals surface area contributed by atoms with Gasteiger partial charge in [0, 0.05) is 6.04 Å². The van der Waals surface area contributed by atoms with Crippen LogP contribution in [0.25, 0.3) is 0 Å². The van der Waals surface area contributed by atoms with Crippen molar-refractivity contribution in [1.82, 2.24) is 5.32 Å². The second-order valence-electron chi connectivity index (χ2n) is 4.91. The second-order valence-corrected chi connectivity index (χ2v) is 4.91. The van der Waals surface area contributed by atoms with Crippen LogP contribution in [0.15, 0.2) is 30.3 Å². The van der Waals surface area contributed by atoms with Crippen molar-refractivity contribution in [2.24, 2.45) is 5.92 Å². The van der Waals surface area contributed by atoms with Crippen molar-refractivity contribution in [1.29, 1.82) is 0 Å². The summed E-state index contributed by atoms with van der Waals surface area (Å²) in [5.41, 5.74) is 1.42. The molecule has 16 heavy (non-hydrogen) atoms. The third-order valence-corrected chi connectivity index (χ3v) is 3.56. The maximum Gasteiger partial charge on any atom is 0.0105 e. The van der Waals surface area contributed by atoms with E-state index in [0.717, 1.165) is 12.5 Å². The Morgan fingerprint density at radius 2 is 1.69 bits per heavy atom. The number of hydrogen-bond acceptors (Lipinski definition) is 1. The molecule has 1 aromatic rings. The Morgan fingerprint density at radius 3 is 2.25 bits per heavy atom. The van der Waals surface area contributed by atoms with Gasteiger partial charge in [-0.2, -0.15) is 0 Å². The van der Waals surface area contributed by atoms with E-state index in [-0.39, 0.29) is 0 Å². The molecule has 1 N–H and O–H groups in total. The molecule has 0 heterocycles. The molecule has 0 aromatic heterocycles. The van der Waals surface area contributed by atoms with Gasteiger partial charge in [-0.1, -0.05) is 57.5 Å². The Bertz CT molecular complexity index is 281. The van der Waals surface area contributed by atoms with Crippen LogP contribution >= 0.6 is 0 Å². The summed E-state index contributed by atoms with van der Waals surface area (Å²) in [6.45, 7) is 10.2. The lowest BCUT2D eigenvalue weighted by Crippen LogP contribution is -2.34. The van der Waals surface area contributed by atoms with E-state index in [0.29, 0.717) is 12.0 Å². The van der Waals surface area contributed by atoms with Crippen LogP contribution in [0, 0.1) is 5.92 Å². The van der Waals surface area contributed by atoms with E-state index < -0.39 is 0 Å². The molecule has 0 aliphatic carbocycles. The Hall–Kier alpha value is -0.820. The van der Waals surface area contributed by atoms with Crippen LogP contribution in [0.2, 0.25) is 0 Å². The van der Waals surface area contributed by atoms with Gasteiger partial charge in [0.1, 0.15) is 0 Å². The monoisotopic (exact) mass is 219 g/mol. The summed E-state index contributed by atoms with van der Waals surface area (Å²) in [5.74, 6) is 1.34. The van der Waals surface area contributed by atoms with Gasteiger partial charge in [0.2, 0.25) is 0 Å². The van der Waals surface area contributed by atoms with Gasteiger partial charge in [0.25, 0.3) is 0 Å². The highest BCUT2D eigenvalue weighted by Crippen LogP contribution is 2.18. The van der Waals surface area contributed by atoms with E-state index in [2.05, 4.69) is 63.3 Å². The van der Waals surface area contributed by atoms with Crippen molar-refractivity contribution in [3.05, 3.63) is 35.9 Å². The van der Waals surface area contributed by atoms with Crippen molar-refractivity contribution in [2.75, 3.05) is 6.54 Å². The fourth-order valence-corrected chi connectivity index (χ4v) is 1.75. The molecular weight excluding hydrogens is 194 g/mol. The lowest BCUT2D eigenvalue weighted by atomic mass is 9.94. The first-order valence-corrected chi connectivity index (χ1v) is 6.43. The molecule has 0 amide bonds. The average Bonchev–Trinajstić information content (AvgIpc) is 2.35. The van der Waals surface area contributed by atoms with E-state index in [9.17, 15) is 0 Å². The molecule has 1 aromatic carbocycles. The van der Waals surface area contributed by atoms with Crippen LogP contribution < -0.4 is 5.32 Å². The zero-order valence-corrected chi connectivity index (χ0v) is 11.0. The van der Waals surface area contributed by atoms with Gasteiger partial charge in [-0.25, -0.2) is 0 Å². The number of nitrogens with one attached hydrogen (secondary N) is 1. The Balaban J connectivity index is 2.45. The van der Waals surface area contributed by atoms with E-state index in [4.69, 9.17) is 0 Å². The van der Waals surface area contributed by atoms with Gasteiger partial charge in [-0.3, -0.25) is 0 Å². The quantitative estimate of drug-likeness (QED) is 0.767. The number of benzene rings is 1. The lowest BCUT2D eigenvalue weighted by Gasteiger charge is -2.23. The molecule has 0 radical (unpaired) electrons. The van der Waals surface area contributed by atoms with Crippen LogP contribution in [0.1, 0.15) is 45.6 Å². The van der Waals surface area contributed by atoms with Crippen molar-refractivity contribution in [3.8, 4) is 0 Å².